The van der Waals surface area contributed by atoms with Crippen LogP contribution in [0, 0.1) is 0 Å². The number of benzene rings is 1. The number of anilines is 2. The van der Waals surface area contributed by atoms with Gasteiger partial charge < -0.3 is 9.64 Å². The molecule has 2 aromatic heterocycles. The highest BCUT2D eigenvalue weighted by Gasteiger charge is 2.45. The monoisotopic (exact) mass is 383 g/mol. The van der Waals surface area contributed by atoms with Crippen molar-refractivity contribution in [1.82, 2.24) is 9.97 Å². The number of ether oxygens (including phenoxy) is 1. The van der Waals surface area contributed by atoms with Gasteiger partial charge >= 0.3 is 0 Å². The van der Waals surface area contributed by atoms with Crippen LogP contribution in [0.1, 0.15) is 18.4 Å². The third kappa shape index (κ3) is 3.59. The van der Waals surface area contributed by atoms with E-state index in [0.717, 1.165) is 11.4 Å². The number of hydrogen-bond acceptors (Lipinski definition) is 4. The SMILES string of the molecule is COC1(C(C)N(c2cccnc2)c2cccnc2)C=CC=CC1c1ccccc1. The summed E-state index contributed by atoms with van der Waals surface area (Å²) < 4.78 is 6.31. The molecule has 2 heterocycles. The molecule has 3 unspecified atom stereocenters. The van der Waals surface area contributed by atoms with Gasteiger partial charge in [0.25, 0.3) is 0 Å². The molecular weight excluding hydrogens is 358 g/mol. The molecule has 0 aliphatic heterocycles. The van der Waals surface area contributed by atoms with Gasteiger partial charge in [0, 0.05) is 25.4 Å². The largest absolute Gasteiger partial charge is 0.371 e. The van der Waals surface area contributed by atoms with Crippen LogP contribution in [0.25, 0.3) is 0 Å². The van der Waals surface area contributed by atoms with Gasteiger partial charge in [0.1, 0.15) is 5.60 Å². The van der Waals surface area contributed by atoms with Crippen molar-refractivity contribution < 1.29 is 4.74 Å². The maximum absolute atomic E-state index is 6.31. The van der Waals surface area contributed by atoms with Gasteiger partial charge in [-0.05, 0) is 42.8 Å². The summed E-state index contributed by atoms with van der Waals surface area (Å²) in [5.41, 5.74) is 2.65. The molecule has 29 heavy (non-hydrogen) atoms. The van der Waals surface area contributed by atoms with Crippen molar-refractivity contribution in [3.63, 3.8) is 0 Å². The normalized spacial score (nSPS) is 21.7. The van der Waals surface area contributed by atoms with Crippen LogP contribution in [0.2, 0.25) is 0 Å². The predicted molar refractivity (Wildman–Crippen MR) is 117 cm³/mol. The van der Waals surface area contributed by atoms with Gasteiger partial charge in [-0.15, -0.1) is 0 Å². The first-order chi connectivity index (χ1) is 14.3. The molecule has 0 saturated heterocycles. The standard InChI is InChI=1S/C25H25N3O/c1-20(28(22-12-8-16-26-18-22)23-13-9-17-27-19-23)25(29-2)15-7-6-14-24(25)21-10-4-3-5-11-21/h3-20,24H,1-2H3. The van der Waals surface area contributed by atoms with E-state index in [2.05, 4.69) is 82.5 Å². The highest BCUT2D eigenvalue weighted by molar-refractivity contribution is 5.64. The molecule has 4 nitrogen and oxygen atoms in total. The molecule has 0 fully saturated rings. The number of hydrogen-bond donors (Lipinski definition) is 0. The Hall–Kier alpha value is -3.24. The van der Waals surface area contributed by atoms with Gasteiger partial charge in [-0.3, -0.25) is 9.97 Å². The molecule has 4 rings (SSSR count). The van der Waals surface area contributed by atoms with Crippen molar-refractivity contribution >= 4 is 11.4 Å². The summed E-state index contributed by atoms with van der Waals surface area (Å²) in [6.07, 6.45) is 15.9. The molecule has 1 aromatic carbocycles. The Labute approximate surface area is 172 Å². The first-order valence-corrected chi connectivity index (χ1v) is 9.81. The number of rotatable bonds is 6. The quantitative estimate of drug-likeness (QED) is 0.579. The number of methoxy groups -OCH3 is 1. The average Bonchev–Trinajstić information content (AvgIpc) is 2.81. The van der Waals surface area contributed by atoms with E-state index in [9.17, 15) is 0 Å². The molecule has 146 valence electrons. The second-order valence-corrected chi connectivity index (χ2v) is 7.16. The van der Waals surface area contributed by atoms with Gasteiger partial charge in [-0.2, -0.15) is 0 Å². The fourth-order valence-corrected chi connectivity index (χ4v) is 4.22. The maximum atomic E-state index is 6.31. The molecule has 1 aliphatic carbocycles. The lowest BCUT2D eigenvalue weighted by molar-refractivity contribution is 0.00217. The Bertz CT molecular complexity index is 933. The number of nitrogens with zero attached hydrogens (tertiary/aromatic N) is 3. The van der Waals surface area contributed by atoms with Gasteiger partial charge in [0.15, 0.2) is 0 Å². The molecule has 3 aromatic rings. The van der Waals surface area contributed by atoms with Gasteiger partial charge in [0.05, 0.1) is 29.8 Å². The Morgan fingerprint density at radius 2 is 1.55 bits per heavy atom. The first-order valence-electron chi connectivity index (χ1n) is 9.81. The number of pyridine rings is 2. The molecule has 1 aliphatic rings. The number of allylic oxidation sites excluding steroid dienone is 2. The van der Waals surface area contributed by atoms with Crippen LogP contribution in [-0.4, -0.2) is 28.7 Å². The van der Waals surface area contributed by atoms with E-state index in [1.54, 1.807) is 19.5 Å². The summed E-state index contributed by atoms with van der Waals surface area (Å²) >= 11 is 0. The van der Waals surface area contributed by atoms with Crippen molar-refractivity contribution in [3.8, 4) is 0 Å². The lowest BCUT2D eigenvalue weighted by Crippen LogP contribution is -2.53. The fourth-order valence-electron chi connectivity index (χ4n) is 4.22. The second kappa shape index (κ2) is 8.41. The molecule has 4 heteroatoms. The predicted octanol–water partition coefficient (Wildman–Crippen LogP) is 5.30. The zero-order chi connectivity index (χ0) is 20.1. The molecule has 3 atom stereocenters. The van der Waals surface area contributed by atoms with Crippen molar-refractivity contribution in [2.75, 3.05) is 12.0 Å². The minimum absolute atomic E-state index is 0.0349. The van der Waals surface area contributed by atoms with Crippen LogP contribution in [0.15, 0.2) is 104 Å². The second-order valence-electron chi connectivity index (χ2n) is 7.16. The lowest BCUT2D eigenvalue weighted by atomic mass is 9.74. The van der Waals surface area contributed by atoms with Crippen LogP contribution in [0.4, 0.5) is 11.4 Å². The molecule has 0 N–H and O–H groups in total. The van der Waals surface area contributed by atoms with Crippen molar-refractivity contribution in [1.29, 1.82) is 0 Å². The summed E-state index contributed by atoms with van der Waals surface area (Å²) in [6, 6.07) is 18.5. The van der Waals surface area contributed by atoms with Crippen LogP contribution in [0.5, 0.6) is 0 Å². The van der Waals surface area contributed by atoms with E-state index >= 15 is 0 Å². The van der Waals surface area contributed by atoms with E-state index in [-0.39, 0.29) is 12.0 Å². The molecule has 0 spiro atoms. The summed E-state index contributed by atoms with van der Waals surface area (Å²) in [5, 5.41) is 0. The van der Waals surface area contributed by atoms with E-state index in [0.29, 0.717) is 0 Å². The first kappa shape index (κ1) is 19.1. The van der Waals surface area contributed by atoms with E-state index in [4.69, 9.17) is 4.74 Å². The van der Waals surface area contributed by atoms with Crippen LogP contribution in [0.3, 0.4) is 0 Å². The fraction of sp³-hybridized carbons (Fsp3) is 0.200. The number of aromatic nitrogens is 2. The summed E-state index contributed by atoms with van der Waals surface area (Å²) in [4.78, 5) is 11.0. The highest BCUT2D eigenvalue weighted by Crippen LogP contribution is 2.43. The van der Waals surface area contributed by atoms with Crippen molar-refractivity contribution in [2.24, 2.45) is 0 Å². The Morgan fingerprint density at radius 3 is 2.10 bits per heavy atom. The van der Waals surface area contributed by atoms with Gasteiger partial charge in [-0.25, -0.2) is 0 Å². The van der Waals surface area contributed by atoms with E-state index in [1.807, 2.05) is 30.6 Å². The Morgan fingerprint density at radius 1 is 0.897 bits per heavy atom. The maximum Gasteiger partial charge on any atom is 0.117 e. The molecule has 0 saturated carbocycles. The summed E-state index contributed by atoms with van der Waals surface area (Å²) in [6.45, 7) is 2.20. The smallest absolute Gasteiger partial charge is 0.117 e. The average molecular weight is 383 g/mol. The topological polar surface area (TPSA) is 38.2 Å². The molecule has 0 radical (unpaired) electrons. The lowest BCUT2D eigenvalue weighted by Gasteiger charge is -2.47. The third-order valence-corrected chi connectivity index (χ3v) is 5.66. The molecule has 0 amide bonds. The van der Waals surface area contributed by atoms with Crippen LogP contribution < -0.4 is 4.90 Å². The third-order valence-electron chi connectivity index (χ3n) is 5.66. The summed E-state index contributed by atoms with van der Waals surface area (Å²) in [5.74, 6) is 0.0737. The van der Waals surface area contributed by atoms with E-state index < -0.39 is 5.60 Å². The van der Waals surface area contributed by atoms with Crippen LogP contribution in [-0.2, 0) is 4.74 Å². The van der Waals surface area contributed by atoms with Gasteiger partial charge in [0.2, 0.25) is 0 Å². The minimum atomic E-state index is -0.568. The zero-order valence-electron chi connectivity index (χ0n) is 16.7. The van der Waals surface area contributed by atoms with Crippen molar-refractivity contribution in [2.45, 2.75) is 24.5 Å². The minimum Gasteiger partial charge on any atom is -0.371 e. The van der Waals surface area contributed by atoms with Crippen LogP contribution >= 0.6 is 0 Å². The van der Waals surface area contributed by atoms with E-state index in [1.165, 1.54) is 5.56 Å². The zero-order valence-corrected chi connectivity index (χ0v) is 16.7. The van der Waals surface area contributed by atoms with Crippen molar-refractivity contribution in [3.05, 3.63) is 109 Å². The van der Waals surface area contributed by atoms with Gasteiger partial charge in [-0.1, -0.05) is 48.6 Å². The Kier molecular flexibility index (Phi) is 5.54. The summed E-state index contributed by atoms with van der Waals surface area (Å²) in [7, 11) is 1.79. The highest BCUT2D eigenvalue weighted by atomic mass is 16.5. The molecule has 0 bridgehead atoms. The Balaban J connectivity index is 1.84. The molecular formula is C25H25N3O.